The summed E-state index contributed by atoms with van der Waals surface area (Å²) in [5, 5.41) is 14.0. The summed E-state index contributed by atoms with van der Waals surface area (Å²) >= 11 is 5.88. The van der Waals surface area contributed by atoms with Crippen molar-refractivity contribution in [2.45, 2.75) is 25.7 Å². The number of hydrogen-bond acceptors (Lipinski definition) is 3. The number of benzene rings is 1. The number of carboxylic acids is 1. The van der Waals surface area contributed by atoms with E-state index < -0.39 is 11.9 Å². The Labute approximate surface area is 121 Å². The normalized spacial score (nSPS) is 21.5. The van der Waals surface area contributed by atoms with E-state index in [2.05, 4.69) is 5.16 Å². The highest BCUT2D eigenvalue weighted by Crippen LogP contribution is 2.40. The third-order valence-corrected chi connectivity index (χ3v) is 4.23. The van der Waals surface area contributed by atoms with Crippen LogP contribution in [0.5, 0.6) is 0 Å². The molecule has 20 heavy (non-hydrogen) atoms. The fourth-order valence-electron chi connectivity index (χ4n) is 2.83. The van der Waals surface area contributed by atoms with Crippen LogP contribution in [-0.4, -0.2) is 16.2 Å². The van der Waals surface area contributed by atoms with Crippen LogP contribution in [0.2, 0.25) is 5.02 Å². The van der Waals surface area contributed by atoms with Gasteiger partial charge in [0.25, 0.3) is 0 Å². The molecule has 1 N–H and O–H groups in total. The molecule has 0 radical (unpaired) electrons. The third kappa shape index (κ3) is 2.10. The van der Waals surface area contributed by atoms with E-state index in [1.54, 1.807) is 0 Å². The van der Waals surface area contributed by atoms with Crippen LogP contribution >= 0.6 is 11.6 Å². The smallest absolute Gasteiger partial charge is 0.307 e. The number of hydrogen-bond donors (Lipinski definition) is 1. The van der Waals surface area contributed by atoms with Gasteiger partial charge in [0.2, 0.25) is 0 Å². The maximum absolute atomic E-state index is 11.2. The van der Waals surface area contributed by atoms with Gasteiger partial charge in [-0.15, -0.1) is 0 Å². The van der Waals surface area contributed by atoms with Crippen LogP contribution in [-0.2, 0) is 11.2 Å². The molecule has 2 aromatic rings. The van der Waals surface area contributed by atoms with Gasteiger partial charge in [-0.25, -0.2) is 0 Å². The van der Waals surface area contributed by atoms with Crippen LogP contribution in [0, 0.1) is 5.92 Å². The van der Waals surface area contributed by atoms with Gasteiger partial charge in [-0.05, 0) is 25.0 Å². The Morgan fingerprint density at radius 1 is 1.40 bits per heavy atom. The lowest BCUT2D eigenvalue weighted by atomic mass is 9.79. The van der Waals surface area contributed by atoms with Gasteiger partial charge in [0.05, 0.1) is 5.92 Å². The summed E-state index contributed by atoms with van der Waals surface area (Å²) in [7, 11) is 0. The minimum Gasteiger partial charge on any atom is -0.481 e. The van der Waals surface area contributed by atoms with E-state index >= 15 is 0 Å². The summed E-state index contributed by atoms with van der Waals surface area (Å²) < 4.78 is 5.42. The molecule has 0 saturated carbocycles. The van der Waals surface area contributed by atoms with Gasteiger partial charge in [0, 0.05) is 22.1 Å². The fraction of sp³-hybridized carbons (Fsp3) is 0.333. The Bertz CT molecular complexity index is 648. The van der Waals surface area contributed by atoms with Crippen molar-refractivity contribution in [1.29, 1.82) is 0 Å². The number of rotatable bonds is 2. The van der Waals surface area contributed by atoms with Crippen molar-refractivity contribution in [3.8, 4) is 11.3 Å². The first-order valence-corrected chi connectivity index (χ1v) is 6.93. The monoisotopic (exact) mass is 291 g/mol. The van der Waals surface area contributed by atoms with Crippen LogP contribution in [0.25, 0.3) is 11.3 Å². The summed E-state index contributed by atoms with van der Waals surface area (Å²) in [4.78, 5) is 11.2. The first kappa shape index (κ1) is 13.2. The number of fused-ring (bicyclic) bond motifs is 1. The first-order valence-electron chi connectivity index (χ1n) is 6.55. The van der Waals surface area contributed by atoms with Crippen molar-refractivity contribution >= 4 is 17.6 Å². The van der Waals surface area contributed by atoms with E-state index in [1.807, 2.05) is 31.2 Å². The lowest BCUT2D eigenvalue weighted by Gasteiger charge is -2.23. The number of aliphatic carboxylic acids is 1. The topological polar surface area (TPSA) is 63.3 Å². The van der Waals surface area contributed by atoms with E-state index in [0.29, 0.717) is 23.6 Å². The molecule has 0 aliphatic heterocycles. The summed E-state index contributed by atoms with van der Waals surface area (Å²) in [5.41, 5.74) is 2.77. The van der Waals surface area contributed by atoms with Crippen molar-refractivity contribution < 1.29 is 14.4 Å². The van der Waals surface area contributed by atoms with Crippen molar-refractivity contribution in [2.24, 2.45) is 5.92 Å². The number of nitrogens with zero attached hydrogens (tertiary/aromatic N) is 1. The molecule has 1 aliphatic rings. The fourth-order valence-corrected chi connectivity index (χ4v) is 2.95. The molecule has 5 heteroatoms. The second-order valence-electron chi connectivity index (χ2n) is 5.15. The maximum Gasteiger partial charge on any atom is 0.307 e. The Kier molecular flexibility index (Phi) is 3.26. The zero-order chi connectivity index (χ0) is 14.3. The van der Waals surface area contributed by atoms with Gasteiger partial charge < -0.3 is 9.63 Å². The molecular formula is C15H14ClNO3. The highest BCUT2D eigenvalue weighted by atomic mass is 35.5. The Hall–Kier alpha value is -1.81. The molecule has 0 amide bonds. The van der Waals surface area contributed by atoms with Gasteiger partial charge in [-0.3, -0.25) is 4.79 Å². The minimum absolute atomic E-state index is 0.148. The molecule has 2 unspecified atom stereocenters. The van der Waals surface area contributed by atoms with Crippen molar-refractivity contribution in [3.05, 3.63) is 40.6 Å². The number of carbonyl (C=O) groups is 1. The standard InChI is InChI=1S/C15H14ClNO3/c1-8-11(15(18)19)6-7-12-13(17-20-14(8)12)9-2-4-10(16)5-3-9/h2-5,8,11H,6-7H2,1H3,(H,18,19). The quantitative estimate of drug-likeness (QED) is 0.915. The molecule has 2 atom stereocenters. The molecule has 0 fully saturated rings. The molecule has 1 aliphatic carbocycles. The zero-order valence-electron chi connectivity index (χ0n) is 11.0. The summed E-state index contributed by atoms with van der Waals surface area (Å²) in [5.74, 6) is -0.612. The molecule has 1 aromatic carbocycles. The molecule has 1 heterocycles. The van der Waals surface area contributed by atoms with Crippen LogP contribution in [0.15, 0.2) is 28.8 Å². The molecular weight excluding hydrogens is 278 g/mol. The Balaban J connectivity index is 2.00. The minimum atomic E-state index is -0.771. The van der Waals surface area contributed by atoms with E-state index in [-0.39, 0.29) is 5.92 Å². The predicted molar refractivity (Wildman–Crippen MR) is 74.8 cm³/mol. The van der Waals surface area contributed by atoms with Gasteiger partial charge in [0.15, 0.2) is 0 Å². The van der Waals surface area contributed by atoms with E-state index in [1.165, 1.54) is 0 Å². The summed E-state index contributed by atoms with van der Waals surface area (Å²) in [6.07, 6.45) is 1.30. The first-order chi connectivity index (χ1) is 9.58. The van der Waals surface area contributed by atoms with E-state index in [9.17, 15) is 9.90 Å². The van der Waals surface area contributed by atoms with Crippen LogP contribution in [0.4, 0.5) is 0 Å². The van der Waals surface area contributed by atoms with E-state index in [4.69, 9.17) is 16.1 Å². The van der Waals surface area contributed by atoms with Crippen molar-refractivity contribution in [3.63, 3.8) is 0 Å². The highest BCUT2D eigenvalue weighted by molar-refractivity contribution is 6.30. The number of aromatic nitrogens is 1. The molecule has 0 spiro atoms. The molecule has 0 saturated heterocycles. The molecule has 4 nitrogen and oxygen atoms in total. The van der Waals surface area contributed by atoms with E-state index in [0.717, 1.165) is 16.8 Å². The second kappa shape index (κ2) is 4.94. The second-order valence-corrected chi connectivity index (χ2v) is 5.59. The molecule has 104 valence electrons. The van der Waals surface area contributed by atoms with Gasteiger partial charge in [-0.1, -0.05) is 35.8 Å². The Morgan fingerprint density at radius 2 is 2.10 bits per heavy atom. The predicted octanol–water partition coefficient (Wildman–Crippen LogP) is 3.75. The van der Waals surface area contributed by atoms with Gasteiger partial charge in [-0.2, -0.15) is 0 Å². The summed E-state index contributed by atoms with van der Waals surface area (Å²) in [6, 6.07) is 7.41. The van der Waals surface area contributed by atoms with Crippen LogP contribution in [0.3, 0.4) is 0 Å². The lowest BCUT2D eigenvalue weighted by molar-refractivity contribution is -0.143. The number of halogens is 1. The highest BCUT2D eigenvalue weighted by Gasteiger charge is 2.36. The molecule has 3 rings (SSSR count). The average Bonchev–Trinajstić information content (AvgIpc) is 2.84. The summed E-state index contributed by atoms with van der Waals surface area (Å²) in [6.45, 7) is 1.88. The number of carboxylic acid groups (broad SMARTS) is 1. The van der Waals surface area contributed by atoms with Gasteiger partial charge in [0.1, 0.15) is 11.5 Å². The molecule has 1 aromatic heterocycles. The Morgan fingerprint density at radius 3 is 2.75 bits per heavy atom. The third-order valence-electron chi connectivity index (χ3n) is 3.98. The molecule has 0 bridgehead atoms. The maximum atomic E-state index is 11.2. The zero-order valence-corrected chi connectivity index (χ0v) is 11.7. The van der Waals surface area contributed by atoms with Crippen LogP contribution in [0.1, 0.15) is 30.6 Å². The lowest BCUT2D eigenvalue weighted by Crippen LogP contribution is -2.25. The van der Waals surface area contributed by atoms with Gasteiger partial charge >= 0.3 is 5.97 Å². The average molecular weight is 292 g/mol. The SMILES string of the molecule is CC1c2onc(-c3ccc(Cl)cc3)c2CCC1C(=O)O. The van der Waals surface area contributed by atoms with Crippen molar-refractivity contribution in [2.75, 3.05) is 0 Å². The van der Waals surface area contributed by atoms with Crippen molar-refractivity contribution in [1.82, 2.24) is 5.16 Å². The largest absolute Gasteiger partial charge is 0.481 e. The van der Waals surface area contributed by atoms with Crippen LogP contribution < -0.4 is 0 Å².